The fraction of sp³-hybridized carbons (Fsp3) is 0.174. The molecule has 4 nitrogen and oxygen atoms in total. The number of thiophene rings is 1. The summed E-state index contributed by atoms with van der Waals surface area (Å²) in [5.74, 6) is 0.945. The van der Waals surface area contributed by atoms with E-state index < -0.39 is 0 Å². The lowest BCUT2D eigenvalue weighted by molar-refractivity contribution is 0.308. The molecule has 2 aromatic carbocycles. The van der Waals surface area contributed by atoms with Crippen LogP contribution in [0.25, 0.3) is 10.1 Å². The third-order valence-electron chi connectivity index (χ3n) is 5.10. The van der Waals surface area contributed by atoms with Crippen molar-refractivity contribution in [1.82, 2.24) is 4.98 Å². The molecule has 5 heteroatoms. The minimum absolute atomic E-state index is 0.718. The van der Waals surface area contributed by atoms with Crippen molar-refractivity contribution in [2.24, 2.45) is 0 Å². The first kappa shape index (κ1) is 17.1. The van der Waals surface area contributed by atoms with Crippen molar-refractivity contribution in [3.05, 3.63) is 77.9 Å². The molecule has 3 heterocycles. The first-order valence-corrected chi connectivity index (χ1v) is 10.4. The molecule has 0 bridgehead atoms. The zero-order valence-electron chi connectivity index (χ0n) is 15.5. The van der Waals surface area contributed by atoms with E-state index in [1.54, 1.807) is 12.4 Å². The van der Waals surface area contributed by atoms with Crippen molar-refractivity contribution in [2.75, 3.05) is 29.9 Å². The summed E-state index contributed by atoms with van der Waals surface area (Å²) in [6.45, 7) is 2.64. The van der Waals surface area contributed by atoms with E-state index in [0.717, 1.165) is 43.2 Å². The summed E-state index contributed by atoms with van der Waals surface area (Å²) in [5, 5.41) is 7.09. The van der Waals surface area contributed by atoms with E-state index in [9.17, 15) is 0 Å². The number of ether oxygens (including phenoxy) is 1. The Labute approximate surface area is 168 Å². The molecule has 0 spiro atoms. The van der Waals surface area contributed by atoms with Crippen molar-refractivity contribution < 1.29 is 4.74 Å². The Kier molecular flexibility index (Phi) is 4.59. The molecule has 1 aliphatic rings. The normalized spacial score (nSPS) is 13.2. The van der Waals surface area contributed by atoms with Crippen molar-refractivity contribution in [1.29, 1.82) is 0 Å². The number of hydrogen-bond acceptors (Lipinski definition) is 5. The Hall–Kier alpha value is -3.05. The Morgan fingerprint density at radius 3 is 2.86 bits per heavy atom. The predicted octanol–water partition coefficient (Wildman–Crippen LogP) is 5.48. The number of aromatic nitrogens is 1. The lowest BCUT2D eigenvalue weighted by Crippen LogP contribution is -2.34. The summed E-state index contributed by atoms with van der Waals surface area (Å²) in [7, 11) is 0. The molecule has 0 fully saturated rings. The van der Waals surface area contributed by atoms with Gasteiger partial charge in [0.05, 0.1) is 12.2 Å². The maximum atomic E-state index is 5.95. The van der Waals surface area contributed by atoms with Crippen molar-refractivity contribution in [3.8, 4) is 5.75 Å². The lowest BCUT2D eigenvalue weighted by atomic mass is 10.1. The van der Waals surface area contributed by atoms with E-state index in [0.29, 0.717) is 0 Å². The second kappa shape index (κ2) is 7.52. The predicted molar refractivity (Wildman–Crippen MR) is 117 cm³/mol. The molecule has 140 valence electrons. The average molecular weight is 388 g/mol. The van der Waals surface area contributed by atoms with Gasteiger partial charge in [-0.25, -0.2) is 0 Å². The fourth-order valence-electron chi connectivity index (χ4n) is 3.67. The number of nitrogens with zero attached hydrogens (tertiary/aromatic N) is 2. The summed E-state index contributed by atoms with van der Waals surface area (Å²) >= 11 is 1.83. The van der Waals surface area contributed by atoms with Gasteiger partial charge in [-0.3, -0.25) is 4.98 Å². The third kappa shape index (κ3) is 3.41. The highest BCUT2D eigenvalue weighted by Crippen LogP contribution is 2.35. The number of fused-ring (bicyclic) bond motifs is 2. The maximum Gasteiger partial charge on any atom is 0.144 e. The Morgan fingerprint density at radius 1 is 1.04 bits per heavy atom. The van der Waals surface area contributed by atoms with E-state index in [4.69, 9.17) is 4.74 Å². The van der Waals surface area contributed by atoms with Gasteiger partial charge in [-0.05, 0) is 53.1 Å². The molecule has 0 unspecified atom stereocenters. The van der Waals surface area contributed by atoms with Gasteiger partial charge < -0.3 is 15.0 Å². The molecule has 0 radical (unpaired) electrons. The average Bonchev–Trinajstić information content (AvgIpc) is 3.16. The second-order valence-electron chi connectivity index (χ2n) is 6.89. The van der Waals surface area contributed by atoms with Crippen LogP contribution in [0.3, 0.4) is 0 Å². The number of rotatable bonds is 5. The van der Waals surface area contributed by atoms with Crippen LogP contribution >= 0.6 is 11.3 Å². The molecule has 5 rings (SSSR count). The van der Waals surface area contributed by atoms with Gasteiger partial charge in [0, 0.05) is 41.1 Å². The van der Waals surface area contributed by atoms with Crippen molar-refractivity contribution in [3.63, 3.8) is 0 Å². The van der Waals surface area contributed by atoms with Gasteiger partial charge in [0.2, 0.25) is 0 Å². The van der Waals surface area contributed by atoms with Gasteiger partial charge in [0.1, 0.15) is 12.4 Å². The van der Waals surface area contributed by atoms with Gasteiger partial charge >= 0.3 is 0 Å². The maximum absolute atomic E-state index is 5.95. The molecule has 0 saturated heterocycles. The number of nitrogens with one attached hydrogen (secondary N) is 1. The first-order valence-electron chi connectivity index (χ1n) is 9.51. The summed E-state index contributed by atoms with van der Waals surface area (Å²) < 4.78 is 7.31. The Morgan fingerprint density at radius 2 is 1.93 bits per heavy atom. The smallest absolute Gasteiger partial charge is 0.144 e. The van der Waals surface area contributed by atoms with Crippen LogP contribution < -0.4 is 15.0 Å². The highest BCUT2D eigenvalue weighted by Gasteiger charge is 2.19. The molecule has 1 aliphatic heterocycles. The first-order chi connectivity index (χ1) is 13.9. The molecule has 0 aliphatic carbocycles. The van der Waals surface area contributed by atoms with Gasteiger partial charge in [0.15, 0.2) is 0 Å². The van der Waals surface area contributed by atoms with E-state index in [-0.39, 0.29) is 0 Å². The molecular formula is C23H21N3OS. The molecule has 1 N–H and O–H groups in total. The second-order valence-corrected chi connectivity index (χ2v) is 7.80. The summed E-state index contributed by atoms with van der Waals surface area (Å²) in [6.07, 6.45) is 4.61. The fourth-order valence-corrected chi connectivity index (χ4v) is 4.67. The van der Waals surface area contributed by atoms with Gasteiger partial charge in [0.25, 0.3) is 0 Å². The molecule has 0 atom stereocenters. The largest absolute Gasteiger partial charge is 0.489 e. The van der Waals surface area contributed by atoms with Crippen molar-refractivity contribution >= 4 is 38.5 Å². The van der Waals surface area contributed by atoms with Gasteiger partial charge in [-0.2, -0.15) is 0 Å². The minimum Gasteiger partial charge on any atom is -0.489 e. The highest BCUT2D eigenvalue weighted by molar-refractivity contribution is 7.17. The lowest BCUT2D eigenvalue weighted by Gasteiger charge is -2.31. The quantitative estimate of drug-likeness (QED) is 0.492. The molecular weight excluding hydrogens is 366 g/mol. The topological polar surface area (TPSA) is 37.4 Å². The molecule has 2 aromatic heterocycles. The molecule has 0 amide bonds. The summed E-state index contributed by atoms with van der Waals surface area (Å²) in [6, 6.07) is 18.9. The SMILES string of the molecule is c1ccc2c(CCN3CCOc4cc(Nc5ccncc5)ccc43)csc2c1. The van der Waals surface area contributed by atoms with Crippen LogP contribution in [-0.2, 0) is 6.42 Å². The van der Waals surface area contributed by atoms with Crippen LogP contribution in [0.2, 0.25) is 0 Å². The van der Waals surface area contributed by atoms with Crippen LogP contribution in [0.5, 0.6) is 5.75 Å². The van der Waals surface area contributed by atoms with Gasteiger partial charge in [-0.1, -0.05) is 18.2 Å². The van der Waals surface area contributed by atoms with Crippen LogP contribution in [0.4, 0.5) is 17.1 Å². The summed E-state index contributed by atoms with van der Waals surface area (Å²) in [5.41, 5.74) is 4.65. The van der Waals surface area contributed by atoms with E-state index in [1.165, 1.54) is 21.3 Å². The number of hydrogen-bond donors (Lipinski definition) is 1. The van der Waals surface area contributed by atoms with Gasteiger partial charge in [-0.15, -0.1) is 11.3 Å². The van der Waals surface area contributed by atoms with Crippen LogP contribution in [0, 0.1) is 0 Å². The van der Waals surface area contributed by atoms with E-state index >= 15 is 0 Å². The summed E-state index contributed by atoms with van der Waals surface area (Å²) in [4.78, 5) is 6.49. The third-order valence-corrected chi connectivity index (χ3v) is 6.11. The highest BCUT2D eigenvalue weighted by atomic mass is 32.1. The molecule has 4 aromatic rings. The molecule has 28 heavy (non-hydrogen) atoms. The van der Waals surface area contributed by atoms with Crippen LogP contribution in [-0.4, -0.2) is 24.7 Å². The van der Waals surface area contributed by atoms with E-state index in [2.05, 4.69) is 63.0 Å². The van der Waals surface area contributed by atoms with Crippen molar-refractivity contribution in [2.45, 2.75) is 6.42 Å². The van der Waals surface area contributed by atoms with Crippen LogP contribution in [0.1, 0.15) is 5.56 Å². The number of pyridine rings is 1. The minimum atomic E-state index is 0.718. The Balaban J connectivity index is 1.33. The molecule has 0 saturated carbocycles. The zero-order valence-corrected chi connectivity index (χ0v) is 16.3. The van der Waals surface area contributed by atoms with Crippen LogP contribution in [0.15, 0.2) is 72.4 Å². The standard InChI is InChI=1S/C23H21N3OS/c1-2-4-23-20(3-1)17(16-28-23)9-12-26-13-14-27-22-15-19(5-6-21(22)26)25-18-7-10-24-11-8-18/h1-8,10-11,15-16H,9,12-14H2,(H,24,25). The van der Waals surface area contributed by atoms with E-state index in [1.807, 2.05) is 23.5 Å². The monoisotopic (exact) mass is 387 g/mol. The number of benzene rings is 2. The number of anilines is 3. The zero-order chi connectivity index (χ0) is 18.8. The Bertz CT molecular complexity index is 1090.